The molecular weight excluding hydrogens is 332 g/mol. The third-order valence-electron chi connectivity index (χ3n) is 5.56. The monoisotopic (exact) mass is 360 g/mol. The zero-order valence-corrected chi connectivity index (χ0v) is 16.3. The first kappa shape index (κ1) is 18.2. The molecule has 0 unspecified atom stereocenters. The van der Waals surface area contributed by atoms with E-state index in [0.717, 1.165) is 67.2 Å². The van der Waals surface area contributed by atoms with E-state index < -0.39 is 0 Å². The Balaban J connectivity index is 1.95. The smallest absolute Gasteiger partial charge is 0.220 e. The Hall–Kier alpha value is -1.56. The highest BCUT2D eigenvalue weighted by molar-refractivity contribution is 7.84. The molecule has 1 aliphatic heterocycles. The van der Waals surface area contributed by atoms with Crippen LogP contribution in [0.4, 0.5) is 5.82 Å². The van der Waals surface area contributed by atoms with E-state index in [9.17, 15) is 4.79 Å². The van der Waals surface area contributed by atoms with E-state index in [4.69, 9.17) is 18.4 Å². The first-order valence-electron chi connectivity index (χ1n) is 9.06. The molecule has 1 fully saturated rings. The van der Waals surface area contributed by atoms with Gasteiger partial charge in [-0.25, -0.2) is 9.97 Å². The number of allylic oxidation sites excluding steroid dienone is 2. The average Bonchev–Trinajstić information content (AvgIpc) is 2.57. The number of aryl methyl sites for hydroxylation is 1. The fourth-order valence-corrected chi connectivity index (χ4v) is 4.24. The number of carbonyl (C=O) groups excluding carboxylic acids is 1. The zero-order chi connectivity index (χ0) is 18.2. The maximum Gasteiger partial charge on any atom is 0.220 e. The van der Waals surface area contributed by atoms with Gasteiger partial charge in [0.2, 0.25) is 5.91 Å². The van der Waals surface area contributed by atoms with Crippen molar-refractivity contribution in [2.24, 2.45) is 17.1 Å². The second-order valence-electron chi connectivity index (χ2n) is 8.09. The Morgan fingerprint density at radius 3 is 2.64 bits per heavy atom. The van der Waals surface area contributed by atoms with Crippen LogP contribution in [0.1, 0.15) is 57.2 Å². The number of carbonyl (C=O) groups is 1. The SMILES string of the molecule is Cc1ncnc(N2CCC(C(N)=O)CC2)c1C1=C(S)CCC(C)(C)C1. The summed E-state index contributed by atoms with van der Waals surface area (Å²) in [5, 5.41) is 0. The predicted molar refractivity (Wildman–Crippen MR) is 104 cm³/mol. The molecule has 136 valence electrons. The van der Waals surface area contributed by atoms with Gasteiger partial charge in [-0.2, -0.15) is 0 Å². The van der Waals surface area contributed by atoms with Gasteiger partial charge in [0.25, 0.3) is 0 Å². The summed E-state index contributed by atoms with van der Waals surface area (Å²) in [6.07, 6.45) is 6.36. The number of hydrogen-bond donors (Lipinski definition) is 2. The summed E-state index contributed by atoms with van der Waals surface area (Å²) in [7, 11) is 0. The van der Waals surface area contributed by atoms with Crippen molar-refractivity contribution >= 4 is 29.9 Å². The molecule has 2 aliphatic rings. The van der Waals surface area contributed by atoms with Gasteiger partial charge in [-0.3, -0.25) is 4.79 Å². The van der Waals surface area contributed by atoms with Gasteiger partial charge in [0.1, 0.15) is 12.1 Å². The number of hydrogen-bond acceptors (Lipinski definition) is 5. The molecule has 1 aromatic rings. The van der Waals surface area contributed by atoms with Crippen LogP contribution < -0.4 is 10.6 Å². The van der Waals surface area contributed by atoms with Gasteiger partial charge in [0, 0.05) is 24.6 Å². The lowest BCUT2D eigenvalue weighted by Gasteiger charge is -2.36. The molecule has 1 amide bonds. The molecule has 1 aromatic heterocycles. The number of thiol groups is 1. The third kappa shape index (κ3) is 3.84. The van der Waals surface area contributed by atoms with Crippen LogP contribution in [0.25, 0.3) is 5.57 Å². The molecule has 1 aliphatic carbocycles. The molecule has 1 saturated heterocycles. The van der Waals surface area contributed by atoms with E-state index in [0.29, 0.717) is 0 Å². The van der Waals surface area contributed by atoms with E-state index in [1.165, 1.54) is 5.57 Å². The molecule has 0 saturated carbocycles. The van der Waals surface area contributed by atoms with Crippen LogP contribution in [0.3, 0.4) is 0 Å². The highest BCUT2D eigenvalue weighted by Gasteiger charge is 2.31. The molecule has 0 bridgehead atoms. The Kier molecular flexibility index (Phi) is 5.09. The van der Waals surface area contributed by atoms with E-state index >= 15 is 0 Å². The van der Waals surface area contributed by atoms with Crippen molar-refractivity contribution in [1.29, 1.82) is 0 Å². The Morgan fingerprint density at radius 1 is 1.32 bits per heavy atom. The fraction of sp³-hybridized carbons (Fsp3) is 0.632. The van der Waals surface area contributed by atoms with Crippen molar-refractivity contribution in [2.45, 2.75) is 52.9 Å². The maximum absolute atomic E-state index is 11.4. The normalized spacial score (nSPS) is 21.5. The quantitative estimate of drug-likeness (QED) is 0.811. The number of nitrogens with zero attached hydrogens (tertiary/aromatic N) is 3. The van der Waals surface area contributed by atoms with E-state index in [2.05, 4.69) is 28.7 Å². The molecule has 2 heterocycles. The number of anilines is 1. The van der Waals surface area contributed by atoms with Gasteiger partial charge < -0.3 is 10.6 Å². The van der Waals surface area contributed by atoms with Crippen molar-refractivity contribution in [3.63, 3.8) is 0 Å². The second kappa shape index (κ2) is 6.98. The summed E-state index contributed by atoms with van der Waals surface area (Å²) in [5.41, 5.74) is 9.15. The maximum atomic E-state index is 11.4. The average molecular weight is 361 g/mol. The van der Waals surface area contributed by atoms with Crippen LogP contribution >= 0.6 is 12.6 Å². The second-order valence-corrected chi connectivity index (χ2v) is 8.63. The highest BCUT2D eigenvalue weighted by atomic mass is 32.1. The van der Waals surface area contributed by atoms with Crippen molar-refractivity contribution < 1.29 is 4.79 Å². The largest absolute Gasteiger partial charge is 0.369 e. The standard InChI is InChI=1S/C19H28N4OS/c1-12-16(14-10-19(2,3)7-4-15(14)25)18(22-11-21-12)23-8-5-13(6-9-23)17(20)24/h11,13,25H,4-10H2,1-3H3,(H2,20,24). The Bertz CT molecular complexity index is 705. The van der Waals surface area contributed by atoms with Crippen LogP contribution in [0.5, 0.6) is 0 Å². The summed E-state index contributed by atoms with van der Waals surface area (Å²) in [4.78, 5) is 24.0. The molecule has 3 rings (SSSR count). The number of rotatable bonds is 3. The first-order valence-corrected chi connectivity index (χ1v) is 9.50. The molecule has 0 aromatic carbocycles. The molecule has 2 N–H and O–H groups in total. The number of aromatic nitrogens is 2. The van der Waals surface area contributed by atoms with Crippen molar-refractivity contribution in [2.75, 3.05) is 18.0 Å². The molecule has 5 nitrogen and oxygen atoms in total. The van der Waals surface area contributed by atoms with Crippen LogP contribution in [0.15, 0.2) is 11.2 Å². The van der Waals surface area contributed by atoms with Gasteiger partial charge in [-0.05, 0) is 54.9 Å². The number of nitrogens with two attached hydrogens (primary N) is 1. The number of piperidine rings is 1. The predicted octanol–water partition coefficient (Wildman–Crippen LogP) is 3.34. The van der Waals surface area contributed by atoms with Crippen molar-refractivity contribution in [1.82, 2.24) is 9.97 Å². The molecule has 0 atom stereocenters. The third-order valence-corrected chi connectivity index (χ3v) is 6.05. The number of primary amides is 1. The van der Waals surface area contributed by atoms with Gasteiger partial charge in [-0.1, -0.05) is 13.8 Å². The lowest BCUT2D eigenvalue weighted by molar-refractivity contribution is -0.122. The van der Waals surface area contributed by atoms with Crippen LogP contribution in [-0.4, -0.2) is 29.0 Å². The molecular formula is C19H28N4OS. The minimum absolute atomic E-state index is 0.0177. The summed E-state index contributed by atoms with van der Waals surface area (Å²) < 4.78 is 0. The highest BCUT2D eigenvalue weighted by Crippen LogP contribution is 2.46. The van der Waals surface area contributed by atoms with Crippen LogP contribution in [-0.2, 0) is 4.79 Å². The summed E-state index contributed by atoms with van der Waals surface area (Å²) in [5.74, 6) is 0.777. The topological polar surface area (TPSA) is 72.1 Å². The van der Waals surface area contributed by atoms with Gasteiger partial charge in [0.05, 0.1) is 5.69 Å². The molecule has 6 heteroatoms. The zero-order valence-electron chi connectivity index (χ0n) is 15.4. The van der Waals surface area contributed by atoms with Crippen molar-refractivity contribution in [3.05, 3.63) is 22.5 Å². The minimum atomic E-state index is -0.187. The fourth-order valence-electron chi connectivity index (χ4n) is 3.94. The molecule has 0 radical (unpaired) electrons. The Morgan fingerprint density at radius 2 is 2.00 bits per heavy atom. The van der Waals surface area contributed by atoms with Crippen LogP contribution in [0, 0.1) is 18.3 Å². The van der Waals surface area contributed by atoms with E-state index in [1.54, 1.807) is 6.33 Å². The minimum Gasteiger partial charge on any atom is -0.369 e. The lowest BCUT2D eigenvalue weighted by atomic mass is 9.75. The van der Waals surface area contributed by atoms with Gasteiger partial charge in [0.15, 0.2) is 0 Å². The van der Waals surface area contributed by atoms with Gasteiger partial charge >= 0.3 is 0 Å². The molecule has 25 heavy (non-hydrogen) atoms. The van der Waals surface area contributed by atoms with E-state index in [-0.39, 0.29) is 17.2 Å². The summed E-state index contributed by atoms with van der Waals surface area (Å²) in [6.45, 7) is 8.27. The Labute approximate surface area is 155 Å². The van der Waals surface area contributed by atoms with Gasteiger partial charge in [-0.15, -0.1) is 12.6 Å². The first-order chi connectivity index (χ1) is 11.8. The lowest BCUT2D eigenvalue weighted by Crippen LogP contribution is -2.39. The van der Waals surface area contributed by atoms with E-state index in [1.807, 2.05) is 6.92 Å². The molecule has 0 spiro atoms. The van der Waals surface area contributed by atoms with Crippen LogP contribution in [0.2, 0.25) is 0 Å². The van der Waals surface area contributed by atoms with Crippen molar-refractivity contribution in [3.8, 4) is 0 Å². The summed E-state index contributed by atoms with van der Waals surface area (Å²) in [6, 6.07) is 0. The summed E-state index contributed by atoms with van der Waals surface area (Å²) >= 11 is 4.79. The number of amides is 1.